The standard InChI is InChI=1S/C25H20F3N3O/c26-25(27,28)32-24-12-4-3-11-23(24)22-10-2-1-7-19(22)13-16-31(20-8-5-14-29-17-20)21-9-6-15-30-18-21/h1-12,14-15,17-18H,13,16H2. The zero-order valence-electron chi connectivity index (χ0n) is 17.0. The van der Waals surface area contributed by atoms with E-state index in [9.17, 15) is 13.2 Å². The number of nitrogens with zero attached hydrogens (tertiary/aromatic N) is 3. The summed E-state index contributed by atoms with van der Waals surface area (Å²) in [6, 6.07) is 21.2. The fraction of sp³-hybridized carbons (Fsp3) is 0.120. The molecule has 0 aliphatic carbocycles. The van der Waals surface area contributed by atoms with Crippen LogP contribution in [0.4, 0.5) is 24.5 Å². The van der Waals surface area contributed by atoms with Crippen molar-refractivity contribution in [1.29, 1.82) is 0 Å². The molecule has 0 N–H and O–H groups in total. The number of hydrogen-bond donors (Lipinski definition) is 0. The number of anilines is 2. The molecular formula is C25H20F3N3O. The topological polar surface area (TPSA) is 38.2 Å². The highest BCUT2D eigenvalue weighted by Crippen LogP contribution is 2.36. The maximum absolute atomic E-state index is 12.9. The van der Waals surface area contributed by atoms with Crippen molar-refractivity contribution >= 4 is 11.4 Å². The number of benzene rings is 2. The molecule has 32 heavy (non-hydrogen) atoms. The third-order valence-electron chi connectivity index (χ3n) is 4.94. The number of hydrogen-bond acceptors (Lipinski definition) is 4. The molecule has 0 saturated carbocycles. The van der Waals surface area contributed by atoms with Crippen LogP contribution in [-0.2, 0) is 6.42 Å². The van der Waals surface area contributed by atoms with Crippen molar-refractivity contribution in [1.82, 2.24) is 9.97 Å². The van der Waals surface area contributed by atoms with Crippen molar-refractivity contribution in [3.63, 3.8) is 0 Å². The molecule has 7 heteroatoms. The summed E-state index contributed by atoms with van der Waals surface area (Å²) >= 11 is 0. The molecule has 0 saturated heterocycles. The highest BCUT2D eigenvalue weighted by molar-refractivity contribution is 5.73. The van der Waals surface area contributed by atoms with Gasteiger partial charge in [-0.3, -0.25) is 9.97 Å². The quantitative estimate of drug-likeness (QED) is 0.336. The molecule has 4 rings (SSSR count). The number of para-hydroxylation sites is 1. The van der Waals surface area contributed by atoms with Gasteiger partial charge in [-0.25, -0.2) is 0 Å². The van der Waals surface area contributed by atoms with E-state index in [4.69, 9.17) is 0 Å². The molecule has 0 amide bonds. The number of halogens is 3. The normalized spacial score (nSPS) is 11.2. The van der Waals surface area contributed by atoms with Crippen molar-refractivity contribution in [2.45, 2.75) is 12.8 Å². The van der Waals surface area contributed by atoms with Gasteiger partial charge >= 0.3 is 6.36 Å². The monoisotopic (exact) mass is 435 g/mol. The molecule has 0 radical (unpaired) electrons. The highest BCUT2D eigenvalue weighted by Gasteiger charge is 2.32. The van der Waals surface area contributed by atoms with Crippen LogP contribution in [0, 0.1) is 0 Å². The first-order valence-corrected chi connectivity index (χ1v) is 10.0. The number of aromatic nitrogens is 2. The molecule has 4 nitrogen and oxygen atoms in total. The molecule has 2 aromatic heterocycles. The predicted octanol–water partition coefficient (Wildman–Crippen LogP) is 6.42. The van der Waals surface area contributed by atoms with Gasteiger partial charge in [-0.1, -0.05) is 42.5 Å². The Kier molecular flexibility index (Phi) is 6.35. The Labute approximate surface area is 184 Å². The van der Waals surface area contributed by atoms with Crippen LogP contribution in [0.2, 0.25) is 0 Å². The van der Waals surface area contributed by atoms with Gasteiger partial charge in [0.25, 0.3) is 0 Å². The summed E-state index contributed by atoms with van der Waals surface area (Å²) in [6.45, 7) is 0.580. The predicted molar refractivity (Wildman–Crippen MR) is 118 cm³/mol. The van der Waals surface area contributed by atoms with E-state index in [0.717, 1.165) is 16.9 Å². The Morgan fingerprint density at radius 1 is 0.719 bits per heavy atom. The third kappa shape index (κ3) is 5.24. The summed E-state index contributed by atoms with van der Waals surface area (Å²) < 4.78 is 43.1. The molecule has 4 aromatic rings. The van der Waals surface area contributed by atoms with E-state index >= 15 is 0 Å². The van der Waals surface area contributed by atoms with Gasteiger partial charge in [-0.15, -0.1) is 13.2 Å². The van der Waals surface area contributed by atoms with Crippen molar-refractivity contribution in [3.05, 3.63) is 103 Å². The molecule has 2 heterocycles. The second kappa shape index (κ2) is 9.51. The average Bonchev–Trinajstić information content (AvgIpc) is 2.80. The van der Waals surface area contributed by atoms with Crippen LogP contribution in [-0.4, -0.2) is 22.9 Å². The zero-order valence-corrected chi connectivity index (χ0v) is 17.0. The van der Waals surface area contributed by atoms with E-state index in [1.165, 1.54) is 12.1 Å². The Bertz CT molecular complexity index is 1110. The second-order valence-electron chi connectivity index (χ2n) is 7.03. The first-order chi connectivity index (χ1) is 15.5. The summed E-state index contributed by atoms with van der Waals surface area (Å²) in [5.74, 6) is -0.219. The number of ether oxygens (including phenoxy) is 1. The van der Waals surface area contributed by atoms with Crippen LogP contribution in [0.25, 0.3) is 11.1 Å². The molecular weight excluding hydrogens is 415 g/mol. The van der Waals surface area contributed by atoms with E-state index in [2.05, 4.69) is 19.6 Å². The Morgan fingerprint density at radius 2 is 1.31 bits per heavy atom. The molecule has 162 valence electrons. The van der Waals surface area contributed by atoms with Gasteiger partial charge in [0, 0.05) is 24.5 Å². The lowest BCUT2D eigenvalue weighted by Gasteiger charge is -2.25. The first kappa shape index (κ1) is 21.4. The molecule has 0 aliphatic rings. The fourth-order valence-corrected chi connectivity index (χ4v) is 3.57. The van der Waals surface area contributed by atoms with Gasteiger partial charge in [-0.05, 0) is 47.9 Å². The SMILES string of the molecule is FC(F)(F)Oc1ccccc1-c1ccccc1CCN(c1cccnc1)c1cccnc1. The summed E-state index contributed by atoms with van der Waals surface area (Å²) in [4.78, 5) is 10.5. The lowest BCUT2D eigenvalue weighted by Crippen LogP contribution is -2.21. The summed E-state index contributed by atoms with van der Waals surface area (Å²) in [7, 11) is 0. The van der Waals surface area contributed by atoms with E-state index in [-0.39, 0.29) is 5.75 Å². The molecule has 0 bridgehead atoms. The van der Waals surface area contributed by atoms with Crippen LogP contribution in [0.1, 0.15) is 5.56 Å². The molecule has 2 aromatic carbocycles. The minimum absolute atomic E-state index is 0.219. The molecule has 0 fully saturated rings. The maximum atomic E-state index is 12.9. The van der Waals surface area contributed by atoms with Gasteiger partial charge in [0.05, 0.1) is 23.8 Å². The lowest BCUT2D eigenvalue weighted by atomic mass is 9.96. The number of alkyl halides is 3. The van der Waals surface area contributed by atoms with Gasteiger partial charge in [0.15, 0.2) is 0 Å². The minimum atomic E-state index is -4.76. The highest BCUT2D eigenvalue weighted by atomic mass is 19.4. The Balaban J connectivity index is 1.65. The van der Waals surface area contributed by atoms with Crippen molar-refractivity contribution in [2.24, 2.45) is 0 Å². The van der Waals surface area contributed by atoms with E-state index < -0.39 is 6.36 Å². The van der Waals surface area contributed by atoms with Crippen LogP contribution in [0.15, 0.2) is 97.6 Å². The molecule has 0 spiro atoms. The van der Waals surface area contributed by atoms with Crippen molar-refractivity contribution in [3.8, 4) is 16.9 Å². The van der Waals surface area contributed by atoms with Gasteiger partial charge in [0.2, 0.25) is 0 Å². The zero-order chi connectivity index (χ0) is 22.4. The Morgan fingerprint density at radius 3 is 1.91 bits per heavy atom. The van der Waals surface area contributed by atoms with E-state index in [1.807, 2.05) is 48.5 Å². The summed E-state index contributed by atoms with van der Waals surface area (Å²) in [6.07, 6.45) is 2.77. The van der Waals surface area contributed by atoms with Gasteiger partial charge in [-0.2, -0.15) is 0 Å². The summed E-state index contributed by atoms with van der Waals surface area (Å²) in [5.41, 5.74) is 3.81. The van der Waals surface area contributed by atoms with Crippen LogP contribution >= 0.6 is 0 Å². The van der Waals surface area contributed by atoms with E-state index in [1.54, 1.807) is 36.9 Å². The number of rotatable bonds is 7. The number of pyridine rings is 2. The fourth-order valence-electron chi connectivity index (χ4n) is 3.57. The molecule has 0 aliphatic heterocycles. The largest absolute Gasteiger partial charge is 0.573 e. The maximum Gasteiger partial charge on any atom is 0.573 e. The average molecular weight is 435 g/mol. The van der Waals surface area contributed by atoms with Crippen LogP contribution in [0.5, 0.6) is 5.75 Å². The Hall–Kier alpha value is -3.87. The molecule has 0 atom stereocenters. The first-order valence-electron chi connectivity index (χ1n) is 10.0. The van der Waals surface area contributed by atoms with Crippen LogP contribution in [0.3, 0.4) is 0 Å². The van der Waals surface area contributed by atoms with Crippen LogP contribution < -0.4 is 9.64 Å². The third-order valence-corrected chi connectivity index (χ3v) is 4.94. The van der Waals surface area contributed by atoms with Crippen molar-refractivity contribution < 1.29 is 17.9 Å². The summed E-state index contributed by atoms with van der Waals surface area (Å²) in [5, 5.41) is 0. The van der Waals surface area contributed by atoms with Crippen molar-refractivity contribution in [2.75, 3.05) is 11.4 Å². The molecule has 0 unspecified atom stereocenters. The minimum Gasteiger partial charge on any atom is -0.405 e. The van der Waals surface area contributed by atoms with E-state index in [0.29, 0.717) is 24.1 Å². The van der Waals surface area contributed by atoms with Gasteiger partial charge < -0.3 is 9.64 Å². The van der Waals surface area contributed by atoms with Gasteiger partial charge in [0.1, 0.15) is 5.75 Å². The lowest BCUT2D eigenvalue weighted by molar-refractivity contribution is -0.274. The second-order valence-corrected chi connectivity index (χ2v) is 7.03. The smallest absolute Gasteiger partial charge is 0.405 e.